The molecule has 1 aromatic carbocycles. The normalized spacial score (nSPS) is 15.4. The number of ether oxygens (including phenoxy) is 1. The summed E-state index contributed by atoms with van der Waals surface area (Å²) < 4.78 is 5.48. The van der Waals surface area contributed by atoms with E-state index < -0.39 is 0 Å². The first kappa shape index (κ1) is 15.5. The van der Waals surface area contributed by atoms with E-state index in [-0.39, 0.29) is 5.91 Å². The summed E-state index contributed by atoms with van der Waals surface area (Å²) in [5, 5.41) is 0. The lowest BCUT2D eigenvalue weighted by Gasteiger charge is -2.32. The zero-order chi connectivity index (χ0) is 16.1. The van der Waals surface area contributed by atoms with Crippen LogP contribution in [0.5, 0.6) is 5.88 Å². The molecular formula is C19H22N2O2. The number of rotatable bonds is 4. The third-order valence-corrected chi connectivity index (χ3v) is 4.34. The van der Waals surface area contributed by atoms with Gasteiger partial charge in [0.15, 0.2) is 0 Å². The quantitative estimate of drug-likeness (QED) is 0.868. The molecule has 4 heteroatoms. The minimum absolute atomic E-state index is 0.0214. The van der Waals surface area contributed by atoms with Crippen molar-refractivity contribution in [3.05, 3.63) is 59.8 Å². The maximum atomic E-state index is 12.7. The summed E-state index contributed by atoms with van der Waals surface area (Å²) in [5.74, 6) is 0.999. The van der Waals surface area contributed by atoms with Crippen LogP contribution in [0.25, 0.3) is 0 Å². The molecule has 0 radical (unpaired) electrons. The molecule has 23 heavy (non-hydrogen) atoms. The molecular weight excluding hydrogens is 288 g/mol. The van der Waals surface area contributed by atoms with Gasteiger partial charge in [-0.1, -0.05) is 30.3 Å². The second-order valence-electron chi connectivity index (χ2n) is 5.77. The minimum atomic E-state index is 0.0214. The Labute approximate surface area is 137 Å². The van der Waals surface area contributed by atoms with E-state index in [0.29, 0.717) is 24.0 Å². The van der Waals surface area contributed by atoms with Crippen molar-refractivity contribution in [2.75, 3.05) is 19.7 Å². The number of hydrogen-bond donors (Lipinski definition) is 0. The Balaban J connectivity index is 1.67. The first-order valence-electron chi connectivity index (χ1n) is 8.21. The van der Waals surface area contributed by atoms with Crippen LogP contribution in [0.1, 0.15) is 41.6 Å². The van der Waals surface area contributed by atoms with Crippen LogP contribution < -0.4 is 4.74 Å². The third kappa shape index (κ3) is 3.52. The molecule has 2 aromatic rings. The van der Waals surface area contributed by atoms with Gasteiger partial charge in [-0.3, -0.25) is 4.79 Å². The second kappa shape index (κ2) is 7.27. The van der Waals surface area contributed by atoms with Crippen molar-refractivity contribution >= 4 is 5.91 Å². The van der Waals surface area contributed by atoms with E-state index in [1.54, 1.807) is 18.3 Å². The maximum Gasteiger partial charge on any atom is 0.259 e. The summed E-state index contributed by atoms with van der Waals surface area (Å²) in [7, 11) is 0. The van der Waals surface area contributed by atoms with Crippen LogP contribution in [0.2, 0.25) is 0 Å². The molecule has 1 amide bonds. The van der Waals surface area contributed by atoms with Crippen molar-refractivity contribution in [1.82, 2.24) is 9.88 Å². The molecule has 120 valence electrons. The molecule has 1 aromatic heterocycles. The average Bonchev–Trinajstić information content (AvgIpc) is 2.63. The third-order valence-electron chi connectivity index (χ3n) is 4.34. The fraction of sp³-hybridized carbons (Fsp3) is 0.368. The van der Waals surface area contributed by atoms with Gasteiger partial charge < -0.3 is 9.64 Å². The minimum Gasteiger partial charge on any atom is -0.477 e. The zero-order valence-electron chi connectivity index (χ0n) is 13.4. The number of nitrogens with zero attached hydrogens (tertiary/aromatic N) is 2. The van der Waals surface area contributed by atoms with Crippen LogP contribution in [0, 0.1) is 0 Å². The Morgan fingerprint density at radius 1 is 1.17 bits per heavy atom. The topological polar surface area (TPSA) is 42.4 Å². The van der Waals surface area contributed by atoms with E-state index >= 15 is 0 Å². The van der Waals surface area contributed by atoms with Gasteiger partial charge in [-0.25, -0.2) is 4.98 Å². The molecule has 1 aliphatic heterocycles. The van der Waals surface area contributed by atoms with Gasteiger partial charge in [0, 0.05) is 19.3 Å². The number of likely N-dealkylation sites (tertiary alicyclic amines) is 1. The van der Waals surface area contributed by atoms with Crippen LogP contribution in [0.3, 0.4) is 0 Å². The fourth-order valence-corrected chi connectivity index (χ4v) is 3.12. The van der Waals surface area contributed by atoms with E-state index in [4.69, 9.17) is 4.74 Å². The standard InChI is InChI=1S/C19H22N2O2/c1-2-23-18-17(9-6-12-20-18)19(22)21-13-10-16(11-14-21)15-7-4-3-5-8-15/h3-9,12,16H,2,10-11,13-14H2,1H3. The SMILES string of the molecule is CCOc1ncccc1C(=O)N1CCC(c2ccccc2)CC1. The Kier molecular flexibility index (Phi) is 4.91. The zero-order valence-corrected chi connectivity index (χ0v) is 13.4. The fourth-order valence-electron chi connectivity index (χ4n) is 3.12. The van der Waals surface area contributed by atoms with E-state index in [1.807, 2.05) is 17.9 Å². The number of pyridine rings is 1. The largest absolute Gasteiger partial charge is 0.477 e. The van der Waals surface area contributed by atoms with E-state index in [0.717, 1.165) is 25.9 Å². The highest BCUT2D eigenvalue weighted by molar-refractivity contribution is 5.96. The molecule has 0 N–H and O–H groups in total. The number of carbonyl (C=O) groups is 1. The van der Waals surface area contributed by atoms with Gasteiger partial charge in [0.05, 0.1) is 6.61 Å². The van der Waals surface area contributed by atoms with Crippen LogP contribution in [-0.2, 0) is 0 Å². The van der Waals surface area contributed by atoms with Crippen molar-refractivity contribution in [1.29, 1.82) is 0 Å². The van der Waals surface area contributed by atoms with Crippen LogP contribution in [0.15, 0.2) is 48.7 Å². The molecule has 0 saturated carbocycles. The average molecular weight is 310 g/mol. The molecule has 0 aliphatic carbocycles. The van der Waals surface area contributed by atoms with Gasteiger partial charge >= 0.3 is 0 Å². The molecule has 2 heterocycles. The number of carbonyl (C=O) groups excluding carboxylic acids is 1. The smallest absolute Gasteiger partial charge is 0.259 e. The van der Waals surface area contributed by atoms with Crippen LogP contribution in [0.4, 0.5) is 0 Å². The summed E-state index contributed by atoms with van der Waals surface area (Å²) in [4.78, 5) is 18.8. The highest BCUT2D eigenvalue weighted by Crippen LogP contribution is 2.29. The van der Waals surface area contributed by atoms with Crippen molar-refractivity contribution in [3.63, 3.8) is 0 Å². The molecule has 3 rings (SSSR count). The second-order valence-corrected chi connectivity index (χ2v) is 5.77. The molecule has 1 fully saturated rings. The monoisotopic (exact) mass is 310 g/mol. The van der Waals surface area contributed by atoms with Gasteiger partial charge in [-0.2, -0.15) is 0 Å². The lowest BCUT2D eigenvalue weighted by atomic mass is 9.89. The Bertz CT molecular complexity index is 649. The Morgan fingerprint density at radius 2 is 1.91 bits per heavy atom. The van der Waals surface area contributed by atoms with E-state index in [9.17, 15) is 4.79 Å². The van der Waals surface area contributed by atoms with Crippen LogP contribution >= 0.6 is 0 Å². The number of aromatic nitrogens is 1. The molecule has 4 nitrogen and oxygen atoms in total. The number of amides is 1. The Hall–Kier alpha value is -2.36. The lowest BCUT2D eigenvalue weighted by molar-refractivity contribution is 0.0708. The number of piperidine rings is 1. The number of hydrogen-bond acceptors (Lipinski definition) is 3. The maximum absolute atomic E-state index is 12.7. The van der Waals surface area contributed by atoms with Gasteiger partial charge in [0.25, 0.3) is 5.91 Å². The lowest BCUT2D eigenvalue weighted by Crippen LogP contribution is -2.38. The van der Waals surface area contributed by atoms with Crippen molar-refractivity contribution in [2.45, 2.75) is 25.7 Å². The number of benzene rings is 1. The van der Waals surface area contributed by atoms with Crippen molar-refractivity contribution in [2.24, 2.45) is 0 Å². The highest BCUT2D eigenvalue weighted by Gasteiger charge is 2.26. The predicted molar refractivity (Wildman–Crippen MR) is 89.7 cm³/mol. The summed E-state index contributed by atoms with van der Waals surface area (Å²) in [6, 6.07) is 14.1. The van der Waals surface area contributed by atoms with Gasteiger partial charge in [-0.05, 0) is 43.4 Å². The van der Waals surface area contributed by atoms with Gasteiger partial charge in [0.2, 0.25) is 5.88 Å². The summed E-state index contributed by atoms with van der Waals surface area (Å²) in [6.07, 6.45) is 3.66. The van der Waals surface area contributed by atoms with Crippen LogP contribution in [-0.4, -0.2) is 35.5 Å². The van der Waals surface area contributed by atoms with Gasteiger partial charge in [0.1, 0.15) is 5.56 Å². The summed E-state index contributed by atoms with van der Waals surface area (Å²) in [5.41, 5.74) is 1.93. The van der Waals surface area contributed by atoms with Crippen molar-refractivity contribution < 1.29 is 9.53 Å². The van der Waals surface area contributed by atoms with Gasteiger partial charge in [-0.15, -0.1) is 0 Å². The van der Waals surface area contributed by atoms with E-state index in [2.05, 4.69) is 29.2 Å². The molecule has 0 bridgehead atoms. The molecule has 0 atom stereocenters. The summed E-state index contributed by atoms with van der Waals surface area (Å²) >= 11 is 0. The predicted octanol–water partition coefficient (Wildman–Crippen LogP) is 3.50. The van der Waals surface area contributed by atoms with E-state index in [1.165, 1.54) is 5.56 Å². The molecule has 1 saturated heterocycles. The highest BCUT2D eigenvalue weighted by atomic mass is 16.5. The van der Waals surface area contributed by atoms with Crippen molar-refractivity contribution in [3.8, 4) is 5.88 Å². The first-order valence-corrected chi connectivity index (χ1v) is 8.21. The summed E-state index contributed by atoms with van der Waals surface area (Å²) in [6.45, 7) is 3.96. The molecule has 0 spiro atoms. The first-order chi connectivity index (χ1) is 11.3. The molecule has 1 aliphatic rings. The molecule has 0 unspecified atom stereocenters. The Morgan fingerprint density at radius 3 is 2.61 bits per heavy atom.